The van der Waals surface area contributed by atoms with Crippen molar-refractivity contribution in [3.63, 3.8) is 0 Å². The Kier molecular flexibility index (Phi) is 4.71. The van der Waals surface area contributed by atoms with Gasteiger partial charge >= 0.3 is 11.0 Å². The zero-order valence-corrected chi connectivity index (χ0v) is 17.6. The van der Waals surface area contributed by atoms with Crippen LogP contribution in [0.3, 0.4) is 0 Å². The molecule has 5 rings (SSSR count). The number of thiazole rings is 1. The Labute approximate surface area is 186 Å². The summed E-state index contributed by atoms with van der Waals surface area (Å²) in [6.45, 7) is 0. The molecule has 0 spiro atoms. The van der Waals surface area contributed by atoms with E-state index >= 15 is 0 Å². The van der Waals surface area contributed by atoms with E-state index in [2.05, 4.69) is 4.98 Å². The number of carbonyl (C=O) groups is 2. The van der Waals surface area contributed by atoms with Gasteiger partial charge in [0.05, 0.1) is 22.2 Å². The third-order valence-corrected chi connectivity index (χ3v) is 7.93. The van der Waals surface area contributed by atoms with E-state index in [-0.39, 0.29) is 10.6 Å². The van der Waals surface area contributed by atoms with Gasteiger partial charge in [0, 0.05) is 10.8 Å². The molecule has 0 aliphatic carbocycles. The number of phenols is 1. The summed E-state index contributed by atoms with van der Waals surface area (Å²) >= 11 is 1.88. The number of H-pyrrole nitrogens is 1. The highest BCUT2D eigenvalue weighted by Crippen LogP contribution is 2.54. The monoisotopic (exact) mass is 478 g/mol. The Hall–Kier alpha value is -3.05. The van der Waals surface area contributed by atoms with Gasteiger partial charge in [-0.05, 0) is 29.8 Å². The summed E-state index contributed by atoms with van der Waals surface area (Å²) in [7, 11) is 0. The number of fused-ring (bicyclic) bond motifs is 2. The molecule has 2 aromatic carbocycles. The number of anilines is 1. The Morgan fingerprint density at radius 3 is 2.34 bits per heavy atom. The van der Waals surface area contributed by atoms with E-state index in [1.165, 1.54) is 24.3 Å². The number of nitrogens with one attached hydrogen (secondary N) is 1. The first-order chi connectivity index (χ1) is 15.2. The Balaban J connectivity index is 1.66. The number of phenolic OH excluding ortho intramolecular Hbond substituents is 1. The minimum absolute atomic E-state index is 0.00693. The highest BCUT2D eigenvalue weighted by Gasteiger charge is 2.57. The van der Waals surface area contributed by atoms with Gasteiger partial charge in [-0.2, -0.15) is 13.2 Å². The maximum Gasteiger partial charge on any atom is 0.418 e. The van der Waals surface area contributed by atoms with Gasteiger partial charge in [-0.3, -0.25) is 14.4 Å². The lowest BCUT2D eigenvalue weighted by Gasteiger charge is -2.29. The lowest BCUT2D eigenvalue weighted by Crippen LogP contribution is -2.33. The molecule has 32 heavy (non-hydrogen) atoms. The van der Waals surface area contributed by atoms with Crippen molar-refractivity contribution in [3.05, 3.63) is 74.2 Å². The summed E-state index contributed by atoms with van der Waals surface area (Å²) in [5.74, 6) is -3.25. The fraction of sp³-hybridized carbons (Fsp3) is 0.190. The quantitative estimate of drug-likeness (QED) is 0.545. The fourth-order valence-electron chi connectivity index (χ4n) is 4.20. The SMILES string of the molecule is O=C1C2Sc3[nH]c(=O)sc3[C@H](c3ccc(O)cc3)C2C(=O)N1c1ccccc1C(F)(F)F. The molecule has 2 unspecified atom stereocenters. The van der Waals surface area contributed by atoms with Crippen molar-refractivity contribution in [2.24, 2.45) is 5.92 Å². The van der Waals surface area contributed by atoms with Crippen LogP contribution in [-0.2, 0) is 15.8 Å². The van der Waals surface area contributed by atoms with Gasteiger partial charge in [0.15, 0.2) is 0 Å². The molecule has 6 nitrogen and oxygen atoms in total. The maximum atomic E-state index is 13.6. The molecule has 0 radical (unpaired) electrons. The third-order valence-electron chi connectivity index (χ3n) is 5.53. The molecule has 1 saturated heterocycles. The molecular weight excluding hydrogens is 465 g/mol. The molecule has 0 bridgehead atoms. The van der Waals surface area contributed by atoms with Crippen LogP contribution in [0.2, 0.25) is 0 Å². The van der Waals surface area contributed by atoms with Crippen LogP contribution < -0.4 is 9.77 Å². The predicted octanol–water partition coefficient (Wildman–Crippen LogP) is 3.96. The van der Waals surface area contributed by atoms with E-state index in [1.807, 2.05) is 0 Å². The van der Waals surface area contributed by atoms with Gasteiger partial charge < -0.3 is 10.1 Å². The number of amides is 2. The van der Waals surface area contributed by atoms with Crippen molar-refractivity contribution in [3.8, 4) is 5.75 Å². The minimum atomic E-state index is -4.75. The smallest absolute Gasteiger partial charge is 0.418 e. The van der Waals surface area contributed by atoms with E-state index in [4.69, 9.17) is 0 Å². The number of aromatic amines is 1. The van der Waals surface area contributed by atoms with Crippen LogP contribution in [0.15, 0.2) is 58.4 Å². The van der Waals surface area contributed by atoms with Gasteiger partial charge in [-0.1, -0.05) is 47.4 Å². The predicted molar refractivity (Wildman–Crippen MR) is 112 cm³/mol. The summed E-state index contributed by atoms with van der Waals surface area (Å²) in [5.41, 5.74) is -1.01. The van der Waals surface area contributed by atoms with Crippen LogP contribution >= 0.6 is 23.1 Å². The number of halogens is 3. The van der Waals surface area contributed by atoms with Crippen molar-refractivity contribution < 1.29 is 27.9 Å². The van der Waals surface area contributed by atoms with Crippen LogP contribution in [0.1, 0.15) is 21.9 Å². The second-order valence-corrected chi connectivity index (χ2v) is 9.53. The average Bonchev–Trinajstić information content (AvgIpc) is 3.23. The van der Waals surface area contributed by atoms with Crippen LogP contribution in [-0.4, -0.2) is 27.2 Å². The minimum Gasteiger partial charge on any atom is -0.508 e. The van der Waals surface area contributed by atoms with E-state index in [9.17, 15) is 32.7 Å². The second-order valence-electron chi connectivity index (χ2n) is 7.37. The topological polar surface area (TPSA) is 90.5 Å². The number of hydrogen-bond acceptors (Lipinski definition) is 6. The third kappa shape index (κ3) is 3.15. The van der Waals surface area contributed by atoms with E-state index in [0.717, 1.165) is 35.2 Å². The number of imide groups is 1. The zero-order valence-electron chi connectivity index (χ0n) is 15.9. The number of carbonyl (C=O) groups excluding carboxylic acids is 2. The molecule has 2 amide bonds. The number of aromatic nitrogens is 1. The van der Waals surface area contributed by atoms with Gasteiger partial charge in [0.2, 0.25) is 11.8 Å². The molecule has 11 heteroatoms. The number of nitrogens with zero attached hydrogens (tertiary/aromatic N) is 1. The van der Waals surface area contributed by atoms with Crippen molar-refractivity contribution in [2.45, 2.75) is 22.4 Å². The van der Waals surface area contributed by atoms with Crippen molar-refractivity contribution in [2.75, 3.05) is 4.90 Å². The number of hydrogen-bond donors (Lipinski definition) is 2. The number of benzene rings is 2. The van der Waals surface area contributed by atoms with Gasteiger partial charge in [-0.25, -0.2) is 4.90 Å². The standard InChI is InChI=1S/C21H13F3N2O4S2/c22-21(23,24)11-3-1-2-4-12(11)26-18(28)14-13(9-5-7-10(27)8-6-9)15-17(25-20(30)32-15)31-16(14)19(26)29/h1-8,13-14,16,27H,(H,25,30)/t13-,14?,16?/m1/s1. The molecule has 164 valence electrons. The van der Waals surface area contributed by atoms with Crippen molar-refractivity contribution in [1.29, 1.82) is 0 Å². The Morgan fingerprint density at radius 2 is 1.66 bits per heavy atom. The number of alkyl halides is 3. The number of para-hydroxylation sites is 1. The fourth-order valence-corrected chi connectivity index (χ4v) is 6.72. The van der Waals surface area contributed by atoms with Crippen LogP contribution in [0, 0.1) is 5.92 Å². The molecule has 2 aliphatic heterocycles. The summed E-state index contributed by atoms with van der Waals surface area (Å²) < 4.78 is 40.8. The van der Waals surface area contributed by atoms with Crippen LogP contribution in [0.5, 0.6) is 5.75 Å². The van der Waals surface area contributed by atoms with Gasteiger partial charge in [-0.15, -0.1) is 0 Å². The first kappa shape index (κ1) is 20.8. The van der Waals surface area contributed by atoms with Crippen molar-refractivity contribution in [1.82, 2.24) is 4.98 Å². The highest BCUT2D eigenvalue weighted by atomic mass is 32.2. The number of aromatic hydroxyl groups is 1. The molecule has 2 aliphatic rings. The summed E-state index contributed by atoms with van der Waals surface area (Å²) in [5, 5.41) is 9.06. The van der Waals surface area contributed by atoms with E-state index in [0.29, 0.717) is 20.4 Å². The molecule has 2 N–H and O–H groups in total. The number of rotatable bonds is 2. The van der Waals surface area contributed by atoms with E-state index < -0.39 is 46.3 Å². The maximum absolute atomic E-state index is 13.6. The summed E-state index contributed by atoms with van der Waals surface area (Å²) in [4.78, 5) is 42.2. The van der Waals surface area contributed by atoms with Crippen LogP contribution in [0.25, 0.3) is 0 Å². The van der Waals surface area contributed by atoms with E-state index in [1.54, 1.807) is 12.1 Å². The van der Waals surface area contributed by atoms with Crippen molar-refractivity contribution >= 4 is 40.6 Å². The normalized spacial score (nSPS) is 22.7. The first-order valence-electron chi connectivity index (χ1n) is 9.39. The molecule has 1 aromatic heterocycles. The molecule has 3 aromatic rings. The molecule has 1 fully saturated rings. The second kappa shape index (κ2) is 7.24. The Morgan fingerprint density at radius 1 is 0.969 bits per heavy atom. The molecule has 3 atom stereocenters. The van der Waals surface area contributed by atoms with Gasteiger partial charge in [0.1, 0.15) is 11.0 Å². The molecular formula is C21H13F3N2O4S2. The highest BCUT2D eigenvalue weighted by molar-refractivity contribution is 8.00. The average molecular weight is 478 g/mol. The summed E-state index contributed by atoms with van der Waals surface area (Å²) in [6.07, 6.45) is -4.75. The largest absolute Gasteiger partial charge is 0.508 e. The summed E-state index contributed by atoms with van der Waals surface area (Å²) in [6, 6.07) is 10.5. The zero-order chi connectivity index (χ0) is 22.8. The molecule has 0 saturated carbocycles. The lowest BCUT2D eigenvalue weighted by atomic mass is 9.83. The van der Waals surface area contributed by atoms with Gasteiger partial charge in [0.25, 0.3) is 0 Å². The Bertz CT molecular complexity index is 1300. The number of thioether (sulfide) groups is 1. The molecule has 3 heterocycles. The lowest BCUT2D eigenvalue weighted by molar-refractivity contribution is -0.137. The van der Waals surface area contributed by atoms with Crippen LogP contribution in [0.4, 0.5) is 18.9 Å². The first-order valence-corrected chi connectivity index (χ1v) is 11.1.